The minimum absolute atomic E-state index is 0.583. The lowest BCUT2D eigenvalue weighted by Gasteiger charge is -2.19. The van der Waals surface area contributed by atoms with Gasteiger partial charge in [-0.2, -0.15) is 5.26 Å². The van der Waals surface area contributed by atoms with Crippen molar-refractivity contribution in [1.29, 1.82) is 5.26 Å². The van der Waals surface area contributed by atoms with Gasteiger partial charge in [-0.15, -0.1) is 0 Å². The number of rotatable bonds is 7. The summed E-state index contributed by atoms with van der Waals surface area (Å²) in [7, 11) is 3.78. The minimum atomic E-state index is 0.583. The van der Waals surface area contributed by atoms with Crippen LogP contribution in [-0.2, 0) is 6.54 Å². The van der Waals surface area contributed by atoms with Crippen LogP contribution in [0.3, 0.4) is 0 Å². The molecule has 0 saturated carbocycles. The van der Waals surface area contributed by atoms with Gasteiger partial charge in [0.25, 0.3) is 0 Å². The fourth-order valence-electron chi connectivity index (χ4n) is 2.82. The summed E-state index contributed by atoms with van der Waals surface area (Å²) in [5, 5.41) is 8.90. The highest BCUT2D eigenvalue weighted by atomic mass is 16.5. The first-order chi connectivity index (χ1) is 11.5. The molecule has 0 saturated heterocycles. The van der Waals surface area contributed by atoms with E-state index in [9.17, 15) is 0 Å². The van der Waals surface area contributed by atoms with Crippen LogP contribution in [0.1, 0.15) is 22.3 Å². The van der Waals surface area contributed by atoms with E-state index < -0.39 is 0 Å². The topological polar surface area (TPSA) is 45.5 Å². The highest BCUT2D eigenvalue weighted by Gasteiger charge is 2.07. The zero-order chi connectivity index (χ0) is 17.5. The predicted octanol–water partition coefficient (Wildman–Crippen LogP) is 3.69. The molecule has 0 aliphatic rings. The van der Waals surface area contributed by atoms with Gasteiger partial charge < -0.3 is 9.47 Å². The first-order valence-electron chi connectivity index (χ1n) is 7.99. The number of hydrogen-bond acceptors (Lipinski definition) is 4. The third-order valence-electron chi connectivity index (χ3n) is 3.88. The van der Waals surface area contributed by atoms with Crippen LogP contribution in [0.2, 0.25) is 0 Å². The number of methoxy groups -OCH3 is 1. The molecule has 4 nitrogen and oxygen atoms in total. The van der Waals surface area contributed by atoms with E-state index in [1.165, 1.54) is 5.56 Å². The van der Waals surface area contributed by atoms with Crippen molar-refractivity contribution in [3.63, 3.8) is 0 Å². The van der Waals surface area contributed by atoms with Gasteiger partial charge in [0.2, 0.25) is 0 Å². The van der Waals surface area contributed by atoms with E-state index >= 15 is 0 Å². The molecule has 0 bridgehead atoms. The quantitative estimate of drug-likeness (QED) is 0.779. The second-order valence-corrected chi connectivity index (χ2v) is 5.99. The second-order valence-electron chi connectivity index (χ2n) is 5.99. The number of ether oxygens (including phenoxy) is 2. The van der Waals surface area contributed by atoms with E-state index in [1.807, 2.05) is 12.1 Å². The standard InChI is InChI=1S/C20H24N2O2/c1-15-10-18(11-16(2)20(15)23-4)14-22(3)8-9-24-19-7-5-6-17(12-19)13-21/h5-7,10-12H,8-9,14H2,1-4H3. The fraction of sp³-hybridized carbons (Fsp3) is 0.350. The maximum atomic E-state index is 8.90. The molecule has 2 aromatic rings. The first-order valence-corrected chi connectivity index (χ1v) is 7.99. The molecule has 0 unspecified atom stereocenters. The van der Waals surface area contributed by atoms with Gasteiger partial charge in [0.1, 0.15) is 18.1 Å². The van der Waals surface area contributed by atoms with Crippen molar-refractivity contribution >= 4 is 0 Å². The van der Waals surface area contributed by atoms with Gasteiger partial charge in [0, 0.05) is 13.1 Å². The van der Waals surface area contributed by atoms with Gasteiger partial charge in [0.05, 0.1) is 18.7 Å². The smallest absolute Gasteiger partial charge is 0.124 e. The summed E-state index contributed by atoms with van der Waals surface area (Å²) in [5.41, 5.74) is 4.20. The number of nitrogens with zero attached hydrogens (tertiary/aromatic N) is 2. The van der Waals surface area contributed by atoms with E-state index in [4.69, 9.17) is 14.7 Å². The number of aryl methyl sites for hydroxylation is 2. The van der Waals surface area contributed by atoms with Crippen molar-refractivity contribution < 1.29 is 9.47 Å². The second kappa shape index (κ2) is 8.37. The summed E-state index contributed by atoms with van der Waals surface area (Å²) < 4.78 is 11.1. The van der Waals surface area contributed by atoms with Crippen LogP contribution in [0.5, 0.6) is 11.5 Å². The average Bonchev–Trinajstić information content (AvgIpc) is 2.55. The number of benzene rings is 2. The Hall–Kier alpha value is -2.51. The zero-order valence-electron chi connectivity index (χ0n) is 14.8. The highest BCUT2D eigenvalue weighted by molar-refractivity contribution is 5.43. The lowest BCUT2D eigenvalue weighted by atomic mass is 10.1. The summed E-state index contributed by atoms with van der Waals surface area (Å²) in [6, 6.07) is 13.7. The molecular formula is C20H24N2O2. The molecule has 2 rings (SSSR count). The van der Waals surface area contributed by atoms with Crippen LogP contribution >= 0.6 is 0 Å². The summed E-state index contributed by atoms with van der Waals surface area (Å²) in [6.45, 7) is 6.38. The first kappa shape index (κ1) is 17.8. The Bertz CT molecular complexity index is 712. The molecule has 0 aliphatic carbocycles. The SMILES string of the molecule is COc1c(C)cc(CN(C)CCOc2cccc(C#N)c2)cc1C. The van der Waals surface area contributed by atoms with E-state index in [0.717, 1.165) is 35.7 Å². The Morgan fingerprint density at radius 2 is 1.83 bits per heavy atom. The molecule has 126 valence electrons. The summed E-state index contributed by atoms with van der Waals surface area (Å²) in [4.78, 5) is 2.22. The summed E-state index contributed by atoms with van der Waals surface area (Å²) >= 11 is 0. The average molecular weight is 324 g/mol. The van der Waals surface area contributed by atoms with E-state index in [2.05, 4.69) is 44.0 Å². The maximum absolute atomic E-state index is 8.90. The van der Waals surface area contributed by atoms with Crippen molar-refractivity contribution in [3.05, 3.63) is 58.7 Å². The normalized spacial score (nSPS) is 10.5. The van der Waals surface area contributed by atoms with Gasteiger partial charge in [-0.3, -0.25) is 4.90 Å². The van der Waals surface area contributed by atoms with E-state index in [0.29, 0.717) is 12.2 Å². The molecule has 0 amide bonds. The Morgan fingerprint density at radius 3 is 2.46 bits per heavy atom. The molecule has 0 aliphatic heterocycles. The van der Waals surface area contributed by atoms with Gasteiger partial charge in [0.15, 0.2) is 0 Å². The Balaban J connectivity index is 1.87. The van der Waals surface area contributed by atoms with Crippen LogP contribution < -0.4 is 9.47 Å². The number of likely N-dealkylation sites (N-methyl/N-ethyl adjacent to an activating group) is 1. The van der Waals surface area contributed by atoms with Gasteiger partial charge in [-0.1, -0.05) is 18.2 Å². The van der Waals surface area contributed by atoms with Crippen LogP contribution in [-0.4, -0.2) is 32.2 Å². The van der Waals surface area contributed by atoms with Gasteiger partial charge in [-0.05, 0) is 55.8 Å². The van der Waals surface area contributed by atoms with Crippen LogP contribution in [0, 0.1) is 25.2 Å². The van der Waals surface area contributed by atoms with Crippen molar-refractivity contribution in [3.8, 4) is 17.6 Å². The van der Waals surface area contributed by atoms with Crippen molar-refractivity contribution in [1.82, 2.24) is 4.90 Å². The van der Waals surface area contributed by atoms with Crippen LogP contribution in [0.25, 0.3) is 0 Å². The van der Waals surface area contributed by atoms with Crippen molar-refractivity contribution in [2.24, 2.45) is 0 Å². The predicted molar refractivity (Wildman–Crippen MR) is 95.5 cm³/mol. The monoisotopic (exact) mass is 324 g/mol. The molecule has 0 aromatic heterocycles. The molecule has 0 atom stereocenters. The third-order valence-corrected chi connectivity index (χ3v) is 3.88. The minimum Gasteiger partial charge on any atom is -0.496 e. The third kappa shape index (κ3) is 4.74. The van der Waals surface area contributed by atoms with Crippen molar-refractivity contribution in [2.75, 3.05) is 27.3 Å². The number of nitriles is 1. The summed E-state index contributed by atoms with van der Waals surface area (Å²) in [5.74, 6) is 1.70. The molecule has 0 radical (unpaired) electrons. The Kier molecular flexibility index (Phi) is 6.22. The molecule has 0 fully saturated rings. The van der Waals surface area contributed by atoms with E-state index in [-0.39, 0.29) is 0 Å². The van der Waals surface area contributed by atoms with Crippen LogP contribution in [0.4, 0.5) is 0 Å². The molecule has 24 heavy (non-hydrogen) atoms. The maximum Gasteiger partial charge on any atom is 0.124 e. The molecule has 0 heterocycles. The lowest BCUT2D eigenvalue weighted by Crippen LogP contribution is -2.24. The molecule has 2 aromatic carbocycles. The van der Waals surface area contributed by atoms with Crippen LogP contribution in [0.15, 0.2) is 36.4 Å². The lowest BCUT2D eigenvalue weighted by molar-refractivity contribution is 0.232. The van der Waals surface area contributed by atoms with Crippen molar-refractivity contribution in [2.45, 2.75) is 20.4 Å². The largest absolute Gasteiger partial charge is 0.496 e. The molecular weight excluding hydrogens is 300 g/mol. The highest BCUT2D eigenvalue weighted by Crippen LogP contribution is 2.24. The molecule has 4 heteroatoms. The molecule has 0 N–H and O–H groups in total. The fourth-order valence-corrected chi connectivity index (χ4v) is 2.82. The summed E-state index contributed by atoms with van der Waals surface area (Å²) in [6.07, 6.45) is 0. The Labute approximate surface area is 144 Å². The zero-order valence-corrected chi connectivity index (χ0v) is 14.8. The molecule has 0 spiro atoms. The number of hydrogen-bond donors (Lipinski definition) is 0. The van der Waals surface area contributed by atoms with E-state index in [1.54, 1.807) is 19.2 Å². The van der Waals surface area contributed by atoms with Gasteiger partial charge in [-0.25, -0.2) is 0 Å². The van der Waals surface area contributed by atoms with Gasteiger partial charge >= 0.3 is 0 Å². The Morgan fingerprint density at radius 1 is 1.12 bits per heavy atom.